The number of carbonyl (C=O) groups is 2. The Balaban J connectivity index is 0.000000286. The molecule has 1 aliphatic heterocycles. The summed E-state index contributed by atoms with van der Waals surface area (Å²) >= 11 is 0. The van der Waals surface area contributed by atoms with Crippen molar-refractivity contribution in [2.45, 2.75) is 25.3 Å². The first-order chi connectivity index (χ1) is 17.3. The minimum Gasteiger partial charge on any atom is -0.475 e. The van der Waals surface area contributed by atoms with E-state index in [-0.39, 0.29) is 0 Å². The van der Waals surface area contributed by atoms with Crippen molar-refractivity contribution < 1.29 is 46.1 Å². The number of alkyl halides is 6. The Bertz CT molecular complexity index is 1100. The second kappa shape index (κ2) is 12.8. The van der Waals surface area contributed by atoms with E-state index in [0.29, 0.717) is 0 Å². The van der Waals surface area contributed by atoms with Crippen LogP contribution in [0.1, 0.15) is 12.1 Å². The minimum absolute atomic E-state index is 0.835. The van der Waals surface area contributed by atoms with Gasteiger partial charge in [-0.2, -0.15) is 26.3 Å². The standard InChI is InChI=1S/C17H20N6.2C2HF3O2/c1-2-9-23-14-15(20-16(23)5-1)13-21-8-4-10-22(12-11-21)17-18-6-3-7-19-17;2*3-2(4,5)1(6)7/h1-3,5-7,9,14H,4,8,10-13H2;2*(H,6,7). The van der Waals surface area contributed by atoms with Gasteiger partial charge in [-0.1, -0.05) is 6.07 Å². The number of hydrogen-bond acceptors (Lipinski definition) is 7. The molecule has 4 heterocycles. The third-order valence-electron chi connectivity index (χ3n) is 4.71. The van der Waals surface area contributed by atoms with Crippen molar-refractivity contribution in [2.24, 2.45) is 0 Å². The van der Waals surface area contributed by atoms with Crippen LogP contribution in [0, 0.1) is 0 Å². The zero-order valence-electron chi connectivity index (χ0n) is 19.0. The second-order valence-corrected chi connectivity index (χ2v) is 7.47. The number of halogens is 6. The predicted molar refractivity (Wildman–Crippen MR) is 117 cm³/mol. The zero-order chi connectivity index (χ0) is 27.6. The molecule has 10 nitrogen and oxygen atoms in total. The molecule has 3 aromatic heterocycles. The number of anilines is 1. The highest BCUT2D eigenvalue weighted by molar-refractivity contribution is 5.73. The summed E-state index contributed by atoms with van der Waals surface area (Å²) in [4.78, 5) is 35.9. The molecule has 202 valence electrons. The van der Waals surface area contributed by atoms with E-state index in [9.17, 15) is 26.3 Å². The van der Waals surface area contributed by atoms with Crippen molar-refractivity contribution in [2.75, 3.05) is 31.1 Å². The van der Waals surface area contributed by atoms with Gasteiger partial charge in [0, 0.05) is 57.5 Å². The van der Waals surface area contributed by atoms with Crippen LogP contribution in [0.25, 0.3) is 5.65 Å². The highest BCUT2D eigenvalue weighted by Gasteiger charge is 2.38. The molecule has 0 aliphatic carbocycles. The summed E-state index contributed by atoms with van der Waals surface area (Å²) in [5.41, 5.74) is 2.14. The lowest BCUT2D eigenvalue weighted by molar-refractivity contribution is -0.193. The third kappa shape index (κ3) is 9.91. The van der Waals surface area contributed by atoms with Gasteiger partial charge in [-0.3, -0.25) is 4.90 Å². The normalized spacial score (nSPS) is 14.6. The first kappa shape index (κ1) is 29.3. The zero-order valence-corrected chi connectivity index (χ0v) is 19.0. The average Bonchev–Trinajstić information content (AvgIpc) is 3.08. The van der Waals surface area contributed by atoms with Crippen LogP contribution in [0.2, 0.25) is 0 Å². The van der Waals surface area contributed by atoms with Crippen LogP contribution in [0.3, 0.4) is 0 Å². The molecule has 0 amide bonds. The predicted octanol–water partition coefficient (Wildman–Crippen LogP) is 3.10. The first-order valence-corrected chi connectivity index (χ1v) is 10.5. The Labute approximate surface area is 205 Å². The van der Waals surface area contributed by atoms with Crippen LogP contribution in [-0.2, 0) is 16.1 Å². The molecule has 1 saturated heterocycles. The van der Waals surface area contributed by atoms with Crippen LogP contribution in [-0.4, -0.2) is 84.9 Å². The maximum Gasteiger partial charge on any atom is 0.490 e. The molecule has 0 spiro atoms. The number of aliphatic carboxylic acids is 2. The number of pyridine rings is 1. The highest BCUT2D eigenvalue weighted by atomic mass is 19.4. The minimum atomic E-state index is -5.08. The number of hydrogen-bond donors (Lipinski definition) is 2. The molecular weight excluding hydrogens is 514 g/mol. The monoisotopic (exact) mass is 536 g/mol. The number of aromatic nitrogens is 4. The molecule has 3 aromatic rings. The van der Waals surface area contributed by atoms with Crippen molar-refractivity contribution in [1.82, 2.24) is 24.3 Å². The molecule has 0 saturated carbocycles. The molecule has 2 N–H and O–H groups in total. The van der Waals surface area contributed by atoms with Crippen LogP contribution in [0.4, 0.5) is 32.3 Å². The number of imidazole rings is 1. The highest BCUT2D eigenvalue weighted by Crippen LogP contribution is 2.14. The fourth-order valence-corrected chi connectivity index (χ4v) is 3.08. The van der Waals surface area contributed by atoms with Crippen LogP contribution < -0.4 is 4.90 Å². The van der Waals surface area contributed by atoms with E-state index in [4.69, 9.17) is 24.8 Å². The smallest absolute Gasteiger partial charge is 0.475 e. The number of carboxylic acids is 2. The number of fused-ring (bicyclic) bond motifs is 1. The Morgan fingerprint density at radius 3 is 2.00 bits per heavy atom. The average molecular weight is 536 g/mol. The van der Waals surface area contributed by atoms with Crippen molar-refractivity contribution in [1.29, 1.82) is 0 Å². The van der Waals surface area contributed by atoms with E-state index in [2.05, 4.69) is 30.4 Å². The van der Waals surface area contributed by atoms with Gasteiger partial charge in [0.1, 0.15) is 5.65 Å². The second-order valence-electron chi connectivity index (χ2n) is 7.47. The number of carboxylic acid groups (broad SMARTS) is 2. The van der Waals surface area contributed by atoms with Crippen LogP contribution in [0.15, 0.2) is 49.1 Å². The lowest BCUT2D eigenvalue weighted by atomic mass is 10.3. The van der Waals surface area contributed by atoms with Crippen LogP contribution in [0.5, 0.6) is 0 Å². The van der Waals surface area contributed by atoms with Crippen molar-refractivity contribution in [3.05, 3.63) is 54.7 Å². The lowest BCUT2D eigenvalue weighted by Crippen LogP contribution is -2.31. The summed E-state index contributed by atoms with van der Waals surface area (Å²) in [7, 11) is 0. The summed E-state index contributed by atoms with van der Waals surface area (Å²) in [6, 6.07) is 7.95. The molecule has 4 rings (SSSR count). The Morgan fingerprint density at radius 2 is 1.46 bits per heavy atom. The van der Waals surface area contributed by atoms with Gasteiger partial charge >= 0.3 is 24.3 Å². The summed E-state index contributed by atoms with van der Waals surface area (Å²) in [5.74, 6) is -4.68. The van der Waals surface area contributed by atoms with E-state index >= 15 is 0 Å². The first-order valence-electron chi connectivity index (χ1n) is 10.5. The van der Waals surface area contributed by atoms with E-state index in [1.165, 1.54) is 0 Å². The molecule has 1 fully saturated rings. The maximum absolute atomic E-state index is 10.6. The van der Waals surface area contributed by atoms with Gasteiger partial charge in [0.2, 0.25) is 5.95 Å². The van der Waals surface area contributed by atoms with Gasteiger partial charge in [0.05, 0.1) is 5.69 Å². The van der Waals surface area contributed by atoms with Gasteiger partial charge in [0.15, 0.2) is 0 Å². The largest absolute Gasteiger partial charge is 0.490 e. The SMILES string of the molecule is O=C(O)C(F)(F)F.O=C(O)C(F)(F)F.c1cnc(N2CCCN(Cc3cn4ccccc4n3)CC2)nc1. The molecular formula is C21H22F6N6O4. The molecule has 0 radical (unpaired) electrons. The maximum atomic E-state index is 10.6. The number of nitrogens with zero attached hydrogens (tertiary/aromatic N) is 6. The Morgan fingerprint density at radius 1 is 0.865 bits per heavy atom. The molecule has 0 bridgehead atoms. The summed E-state index contributed by atoms with van der Waals surface area (Å²) in [6.45, 7) is 4.94. The summed E-state index contributed by atoms with van der Waals surface area (Å²) < 4.78 is 65.6. The van der Waals surface area contributed by atoms with E-state index < -0.39 is 24.3 Å². The van der Waals surface area contributed by atoms with E-state index in [0.717, 1.165) is 56.4 Å². The van der Waals surface area contributed by atoms with Crippen LogP contribution >= 0.6 is 0 Å². The quantitative estimate of drug-likeness (QED) is 0.486. The van der Waals surface area contributed by atoms with Gasteiger partial charge in [-0.25, -0.2) is 24.5 Å². The topological polar surface area (TPSA) is 124 Å². The lowest BCUT2D eigenvalue weighted by Gasteiger charge is -2.21. The Kier molecular flexibility index (Phi) is 10.2. The van der Waals surface area contributed by atoms with Gasteiger partial charge in [-0.15, -0.1) is 0 Å². The van der Waals surface area contributed by atoms with Crippen molar-refractivity contribution >= 4 is 23.5 Å². The van der Waals surface area contributed by atoms with Gasteiger partial charge in [0.25, 0.3) is 0 Å². The Hall–Kier alpha value is -3.95. The summed E-state index contributed by atoms with van der Waals surface area (Å²) in [5, 5.41) is 14.2. The third-order valence-corrected chi connectivity index (χ3v) is 4.71. The van der Waals surface area contributed by atoms with E-state index in [1.807, 2.05) is 42.9 Å². The molecule has 16 heteroatoms. The fraction of sp³-hybridized carbons (Fsp3) is 0.381. The van der Waals surface area contributed by atoms with Gasteiger partial charge < -0.3 is 19.5 Å². The molecule has 0 aromatic carbocycles. The molecule has 37 heavy (non-hydrogen) atoms. The molecule has 0 atom stereocenters. The summed E-state index contributed by atoms with van der Waals surface area (Å²) in [6.07, 6.45) is -1.27. The molecule has 0 unspecified atom stereocenters. The van der Waals surface area contributed by atoms with Crippen molar-refractivity contribution in [3.63, 3.8) is 0 Å². The fourth-order valence-electron chi connectivity index (χ4n) is 3.08. The molecule has 1 aliphatic rings. The van der Waals surface area contributed by atoms with E-state index in [1.54, 1.807) is 0 Å². The van der Waals surface area contributed by atoms with Crippen molar-refractivity contribution in [3.8, 4) is 0 Å². The van der Waals surface area contributed by atoms with Gasteiger partial charge in [-0.05, 0) is 24.6 Å². The number of rotatable bonds is 3.